The molecule has 2 nitrogen and oxygen atoms in total. The van der Waals surface area contributed by atoms with E-state index in [-0.39, 0.29) is 5.54 Å². The van der Waals surface area contributed by atoms with Gasteiger partial charge in [0, 0.05) is 29.7 Å². The molecule has 1 aliphatic heterocycles. The van der Waals surface area contributed by atoms with Crippen LogP contribution in [0.15, 0.2) is 24.3 Å². The van der Waals surface area contributed by atoms with E-state index in [1.165, 1.54) is 12.0 Å². The third-order valence-electron chi connectivity index (χ3n) is 3.72. The Morgan fingerprint density at radius 3 is 2.65 bits per heavy atom. The highest BCUT2D eigenvalue weighted by Gasteiger charge is 2.32. The number of rotatable bonds is 2. The number of piperidine rings is 1. The highest BCUT2D eigenvalue weighted by molar-refractivity contribution is 6.30. The summed E-state index contributed by atoms with van der Waals surface area (Å²) in [6, 6.07) is 8.41. The molecule has 0 amide bonds. The van der Waals surface area contributed by atoms with Crippen LogP contribution in [-0.2, 0) is 6.54 Å². The number of benzene rings is 1. The fourth-order valence-corrected chi connectivity index (χ4v) is 2.53. The zero-order valence-electron chi connectivity index (χ0n) is 10.6. The number of likely N-dealkylation sites (tertiary alicyclic amines) is 1. The summed E-state index contributed by atoms with van der Waals surface area (Å²) in [6.45, 7) is 6.54. The lowest BCUT2D eigenvalue weighted by Crippen LogP contribution is -2.53. The Morgan fingerprint density at radius 1 is 1.35 bits per heavy atom. The van der Waals surface area contributed by atoms with E-state index in [1.54, 1.807) is 0 Å². The number of nitrogens with two attached hydrogens (primary N) is 1. The molecule has 1 atom stereocenters. The Balaban J connectivity index is 2.08. The molecule has 17 heavy (non-hydrogen) atoms. The van der Waals surface area contributed by atoms with Crippen molar-refractivity contribution in [2.75, 3.05) is 6.54 Å². The Labute approximate surface area is 109 Å². The molecular formula is C14H21ClN2. The van der Waals surface area contributed by atoms with Crippen LogP contribution < -0.4 is 5.73 Å². The number of nitrogens with zero attached hydrogens (tertiary/aromatic N) is 1. The fraction of sp³-hybridized carbons (Fsp3) is 0.571. The van der Waals surface area contributed by atoms with Gasteiger partial charge in [-0.1, -0.05) is 23.7 Å². The standard InChI is InChI=1S/C14H21ClN2/c1-14(2)8-7-13(16)10-17(14)9-11-3-5-12(15)6-4-11/h3-6,13H,7-10,16H2,1-2H3. The fourth-order valence-electron chi connectivity index (χ4n) is 2.41. The Bertz CT molecular complexity index is 372. The third-order valence-corrected chi connectivity index (χ3v) is 3.98. The van der Waals surface area contributed by atoms with E-state index in [0.29, 0.717) is 6.04 Å². The minimum Gasteiger partial charge on any atom is -0.327 e. The molecule has 3 heteroatoms. The van der Waals surface area contributed by atoms with Crippen molar-refractivity contribution in [3.8, 4) is 0 Å². The zero-order chi connectivity index (χ0) is 12.5. The zero-order valence-corrected chi connectivity index (χ0v) is 11.4. The lowest BCUT2D eigenvalue weighted by Gasteiger charge is -2.44. The Morgan fingerprint density at radius 2 is 2.00 bits per heavy atom. The van der Waals surface area contributed by atoms with Crippen LogP contribution in [0.5, 0.6) is 0 Å². The van der Waals surface area contributed by atoms with Crippen LogP contribution in [0.25, 0.3) is 0 Å². The van der Waals surface area contributed by atoms with Gasteiger partial charge < -0.3 is 5.73 Å². The molecule has 94 valence electrons. The maximum absolute atomic E-state index is 6.06. The van der Waals surface area contributed by atoms with Crippen LogP contribution in [0.4, 0.5) is 0 Å². The Hall–Kier alpha value is -0.570. The average Bonchev–Trinajstić information content (AvgIpc) is 2.27. The normalized spacial score (nSPS) is 24.8. The quantitative estimate of drug-likeness (QED) is 0.877. The molecule has 0 saturated carbocycles. The molecule has 0 aromatic heterocycles. The molecule has 2 rings (SSSR count). The largest absolute Gasteiger partial charge is 0.327 e. The predicted octanol–water partition coefficient (Wildman–Crippen LogP) is 3.04. The highest BCUT2D eigenvalue weighted by atomic mass is 35.5. The highest BCUT2D eigenvalue weighted by Crippen LogP contribution is 2.28. The first-order chi connectivity index (χ1) is 7.97. The molecule has 0 radical (unpaired) electrons. The molecule has 1 heterocycles. The van der Waals surface area contributed by atoms with Crippen LogP contribution in [0.3, 0.4) is 0 Å². The lowest BCUT2D eigenvalue weighted by atomic mass is 9.88. The maximum atomic E-state index is 6.06. The van der Waals surface area contributed by atoms with Gasteiger partial charge in [0.15, 0.2) is 0 Å². The summed E-state index contributed by atoms with van der Waals surface area (Å²) in [7, 11) is 0. The van der Waals surface area contributed by atoms with Gasteiger partial charge in [0.1, 0.15) is 0 Å². The molecule has 0 bridgehead atoms. The lowest BCUT2D eigenvalue weighted by molar-refractivity contribution is 0.0586. The summed E-state index contributed by atoms with van der Waals surface area (Å²) >= 11 is 5.90. The van der Waals surface area contributed by atoms with E-state index in [2.05, 4.69) is 30.9 Å². The minimum atomic E-state index is 0.246. The smallest absolute Gasteiger partial charge is 0.0406 e. The first-order valence-corrected chi connectivity index (χ1v) is 6.60. The molecular weight excluding hydrogens is 232 g/mol. The van der Waals surface area contributed by atoms with Crippen LogP contribution >= 0.6 is 11.6 Å². The second-order valence-corrected chi connectivity index (χ2v) is 6.05. The van der Waals surface area contributed by atoms with E-state index in [9.17, 15) is 0 Å². The van der Waals surface area contributed by atoms with Gasteiger partial charge in [0.25, 0.3) is 0 Å². The van der Waals surface area contributed by atoms with Crippen molar-refractivity contribution in [3.63, 3.8) is 0 Å². The topological polar surface area (TPSA) is 29.3 Å². The van der Waals surface area contributed by atoms with Gasteiger partial charge in [0.05, 0.1) is 0 Å². The SMILES string of the molecule is CC1(C)CCC(N)CN1Cc1ccc(Cl)cc1. The second kappa shape index (κ2) is 4.97. The van der Waals surface area contributed by atoms with Crippen LogP contribution in [-0.4, -0.2) is 23.0 Å². The van der Waals surface area contributed by atoms with E-state index in [4.69, 9.17) is 17.3 Å². The van der Waals surface area contributed by atoms with Gasteiger partial charge in [0.2, 0.25) is 0 Å². The van der Waals surface area contributed by atoms with Crippen LogP contribution in [0.2, 0.25) is 5.02 Å². The summed E-state index contributed by atoms with van der Waals surface area (Å²) in [5.74, 6) is 0. The number of halogens is 1. The summed E-state index contributed by atoms with van der Waals surface area (Å²) in [5.41, 5.74) is 7.61. The summed E-state index contributed by atoms with van der Waals surface area (Å²) in [6.07, 6.45) is 2.30. The van der Waals surface area contributed by atoms with Gasteiger partial charge >= 0.3 is 0 Å². The van der Waals surface area contributed by atoms with Gasteiger partial charge in [-0.3, -0.25) is 4.90 Å². The predicted molar refractivity (Wildman–Crippen MR) is 73.2 cm³/mol. The molecule has 2 N–H and O–H groups in total. The Kier molecular flexibility index (Phi) is 3.76. The van der Waals surface area contributed by atoms with E-state index in [0.717, 1.165) is 24.5 Å². The summed E-state index contributed by atoms with van der Waals surface area (Å²) in [5, 5.41) is 0.795. The monoisotopic (exact) mass is 252 g/mol. The minimum absolute atomic E-state index is 0.246. The van der Waals surface area contributed by atoms with Crippen molar-refractivity contribution in [1.29, 1.82) is 0 Å². The van der Waals surface area contributed by atoms with Crippen LogP contribution in [0, 0.1) is 0 Å². The first kappa shape index (κ1) is 12.9. The van der Waals surface area contributed by atoms with Gasteiger partial charge in [-0.05, 0) is 44.4 Å². The molecule has 1 aromatic carbocycles. The second-order valence-electron chi connectivity index (χ2n) is 5.62. The van der Waals surface area contributed by atoms with E-state index in [1.807, 2.05) is 12.1 Å². The van der Waals surface area contributed by atoms with Crippen molar-refractivity contribution in [1.82, 2.24) is 4.90 Å². The van der Waals surface area contributed by atoms with Crippen molar-refractivity contribution in [2.24, 2.45) is 5.73 Å². The molecule has 1 unspecified atom stereocenters. The van der Waals surface area contributed by atoms with Crippen molar-refractivity contribution >= 4 is 11.6 Å². The van der Waals surface area contributed by atoms with Gasteiger partial charge in [-0.15, -0.1) is 0 Å². The number of hydrogen-bond acceptors (Lipinski definition) is 2. The maximum Gasteiger partial charge on any atom is 0.0406 e. The van der Waals surface area contributed by atoms with Crippen molar-refractivity contribution < 1.29 is 0 Å². The molecule has 1 saturated heterocycles. The summed E-state index contributed by atoms with van der Waals surface area (Å²) in [4.78, 5) is 2.48. The van der Waals surface area contributed by atoms with E-state index >= 15 is 0 Å². The van der Waals surface area contributed by atoms with Crippen molar-refractivity contribution in [2.45, 2.75) is 44.8 Å². The van der Waals surface area contributed by atoms with Crippen LogP contribution in [0.1, 0.15) is 32.3 Å². The van der Waals surface area contributed by atoms with E-state index < -0.39 is 0 Å². The molecule has 1 aliphatic rings. The first-order valence-electron chi connectivity index (χ1n) is 6.22. The van der Waals surface area contributed by atoms with Gasteiger partial charge in [-0.25, -0.2) is 0 Å². The summed E-state index contributed by atoms with van der Waals surface area (Å²) < 4.78 is 0. The molecule has 0 spiro atoms. The van der Waals surface area contributed by atoms with Gasteiger partial charge in [-0.2, -0.15) is 0 Å². The molecule has 0 aliphatic carbocycles. The third kappa shape index (κ3) is 3.21. The van der Waals surface area contributed by atoms with Crippen molar-refractivity contribution in [3.05, 3.63) is 34.9 Å². The number of hydrogen-bond donors (Lipinski definition) is 1. The molecule has 1 aromatic rings. The molecule has 1 fully saturated rings. The average molecular weight is 253 g/mol.